The highest BCUT2D eigenvalue weighted by atomic mass is 35.5. The van der Waals surface area contributed by atoms with E-state index in [0.717, 1.165) is 27.9 Å². The minimum atomic E-state index is -0.644. The van der Waals surface area contributed by atoms with E-state index in [1.54, 1.807) is 6.92 Å². The average molecular weight is 265 g/mol. The lowest BCUT2D eigenvalue weighted by molar-refractivity contribution is 0.201. The zero-order valence-electron chi connectivity index (χ0n) is 10.4. The second-order valence-electron chi connectivity index (χ2n) is 4.60. The molecule has 0 aliphatic carbocycles. The Labute approximate surface area is 109 Å². The first-order chi connectivity index (χ1) is 8.49. The van der Waals surface area contributed by atoms with Crippen molar-refractivity contribution in [3.05, 3.63) is 34.2 Å². The number of aliphatic hydroxyl groups excluding tert-OH is 1. The monoisotopic (exact) mass is 264 g/mol. The second-order valence-corrected chi connectivity index (χ2v) is 4.98. The Balaban J connectivity index is 2.60. The number of hydrogen-bond acceptors (Lipinski definition) is 3. The summed E-state index contributed by atoms with van der Waals surface area (Å²) >= 11 is 6.34. The third-order valence-electron chi connectivity index (χ3n) is 3.10. The molecular weight excluding hydrogens is 252 g/mol. The molecule has 94 valence electrons. The van der Waals surface area contributed by atoms with E-state index in [-0.39, 0.29) is 0 Å². The van der Waals surface area contributed by atoms with Gasteiger partial charge in [-0.2, -0.15) is 0 Å². The molecule has 1 N–H and O–H groups in total. The first kappa shape index (κ1) is 11.6. The number of aliphatic hydroxyl groups is 1. The van der Waals surface area contributed by atoms with E-state index in [1.807, 2.05) is 26.0 Å². The molecule has 4 heteroatoms. The minimum Gasteiger partial charge on any atom is -0.461 e. The van der Waals surface area contributed by atoms with Gasteiger partial charge in [0, 0.05) is 16.3 Å². The molecule has 1 aromatic carbocycles. The van der Waals surface area contributed by atoms with Crippen molar-refractivity contribution in [1.29, 1.82) is 0 Å². The fraction of sp³-hybridized carbons (Fsp3) is 0.286. The summed E-state index contributed by atoms with van der Waals surface area (Å²) in [4.78, 5) is 0. The fourth-order valence-corrected chi connectivity index (χ4v) is 2.69. The molecule has 0 radical (unpaired) electrons. The maximum absolute atomic E-state index is 9.98. The quantitative estimate of drug-likeness (QED) is 0.704. The van der Waals surface area contributed by atoms with Crippen LogP contribution in [0, 0.1) is 13.8 Å². The van der Waals surface area contributed by atoms with E-state index in [2.05, 4.69) is 0 Å². The lowest BCUT2D eigenvalue weighted by atomic mass is 10.0. The van der Waals surface area contributed by atoms with Gasteiger partial charge in [-0.3, -0.25) is 0 Å². The van der Waals surface area contributed by atoms with Gasteiger partial charge in [-0.1, -0.05) is 11.6 Å². The molecule has 3 nitrogen and oxygen atoms in total. The summed E-state index contributed by atoms with van der Waals surface area (Å²) in [5.74, 6) is 1.52. The van der Waals surface area contributed by atoms with Crippen molar-refractivity contribution in [3.8, 4) is 0 Å². The molecule has 18 heavy (non-hydrogen) atoms. The highest BCUT2D eigenvalue weighted by Crippen LogP contribution is 2.41. The molecular formula is C14H13ClO3. The predicted molar refractivity (Wildman–Crippen MR) is 71.1 cm³/mol. The molecule has 0 bridgehead atoms. The summed E-state index contributed by atoms with van der Waals surface area (Å²) in [7, 11) is 0. The van der Waals surface area contributed by atoms with E-state index in [1.165, 1.54) is 0 Å². The summed E-state index contributed by atoms with van der Waals surface area (Å²) in [5, 5.41) is 12.1. The first-order valence-corrected chi connectivity index (χ1v) is 6.16. The molecule has 0 aliphatic rings. The third kappa shape index (κ3) is 1.48. The largest absolute Gasteiger partial charge is 0.461 e. The Morgan fingerprint density at radius 2 is 1.61 bits per heavy atom. The van der Waals surface area contributed by atoms with Gasteiger partial charge < -0.3 is 13.9 Å². The molecule has 2 heterocycles. The van der Waals surface area contributed by atoms with Crippen LogP contribution in [0.5, 0.6) is 0 Å². The smallest absolute Gasteiger partial charge is 0.154 e. The molecule has 2 aromatic heterocycles. The number of rotatable bonds is 1. The standard InChI is InChI=1S/C14H13ClO3/c1-6-4-9-11(8(3)16)13-10(5-7(2)17-13)12(15)14(9)18-6/h4-5,8,16H,1-3H3. The van der Waals surface area contributed by atoms with Crippen molar-refractivity contribution in [2.75, 3.05) is 0 Å². The topological polar surface area (TPSA) is 46.5 Å². The molecule has 3 rings (SSSR count). The van der Waals surface area contributed by atoms with Gasteiger partial charge in [-0.15, -0.1) is 0 Å². The summed E-state index contributed by atoms with van der Waals surface area (Å²) < 4.78 is 11.3. The Morgan fingerprint density at radius 3 is 2.22 bits per heavy atom. The van der Waals surface area contributed by atoms with Gasteiger partial charge in [0.1, 0.15) is 17.1 Å². The maximum atomic E-state index is 9.98. The van der Waals surface area contributed by atoms with Gasteiger partial charge in [0.25, 0.3) is 0 Å². The normalized spacial score (nSPS) is 13.6. The van der Waals surface area contributed by atoms with Gasteiger partial charge in [0.2, 0.25) is 0 Å². The molecule has 0 aliphatic heterocycles. The van der Waals surface area contributed by atoms with Gasteiger partial charge in [-0.05, 0) is 32.9 Å². The van der Waals surface area contributed by atoms with E-state index in [9.17, 15) is 5.11 Å². The molecule has 0 saturated carbocycles. The predicted octanol–water partition coefficient (Wildman–Crippen LogP) is 4.50. The summed E-state index contributed by atoms with van der Waals surface area (Å²) in [6.45, 7) is 5.42. The SMILES string of the molecule is Cc1cc2c(C(C)O)c3oc(C)cc3c(Cl)c2o1. The van der Waals surface area contributed by atoms with E-state index < -0.39 is 6.10 Å². The number of halogens is 1. The number of hydrogen-bond donors (Lipinski definition) is 1. The third-order valence-corrected chi connectivity index (χ3v) is 3.47. The fourth-order valence-electron chi connectivity index (χ4n) is 2.41. The van der Waals surface area contributed by atoms with Crippen LogP contribution in [-0.4, -0.2) is 5.11 Å². The molecule has 0 fully saturated rings. The van der Waals surface area contributed by atoms with Gasteiger partial charge >= 0.3 is 0 Å². The molecule has 1 unspecified atom stereocenters. The second kappa shape index (κ2) is 3.77. The zero-order valence-corrected chi connectivity index (χ0v) is 11.1. The number of benzene rings is 1. The Bertz CT molecular complexity index is 692. The molecule has 0 amide bonds. The lowest BCUT2D eigenvalue weighted by Crippen LogP contribution is -1.93. The first-order valence-electron chi connectivity index (χ1n) is 5.78. The highest BCUT2D eigenvalue weighted by molar-refractivity contribution is 6.40. The van der Waals surface area contributed by atoms with Crippen LogP contribution < -0.4 is 0 Å². The van der Waals surface area contributed by atoms with Gasteiger partial charge in [0.05, 0.1) is 11.1 Å². The van der Waals surface area contributed by atoms with Crippen LogP contribution in [-0.2, 0) is 0 Å². The van der Waals surface area contributed by atoms with Crippen molar-refractivity contribution in [2.24, 2.45) is 0 Å². The van der Waals surface area contributed by atoms with Crippen molar-refractivity contribution < 1.29 is 13.9 Å². The maximum Gasteiger partial charge on any atom is 0.154 e. The summed E-state index contributed by atoms with van der Waals surface area (Å²) in [6.07, 6.45) is -0.644. The van der Waals surface area contributed by atoms with Crippen LogP contribution in [0.4, 0.5) is 0 Å². The van der Waals surface area contributed by atoms with E-state index in [4.69, 9.17) is 20.4 Å². The molecule has 3 aromatic rings. The number of fused-ring (bicyclic) bond motifs is 2. The highest BCUT2D eigenvalue weighted by Gasteiger charge is 2.21. The minimum absolute atomic E-state index is 0.536. The molecule has 0 spiro atoms. The summed E-state index contributed by atoms with van der Waals surface area (Å²) in [6, 6.07) is 3.74. The Kier molecular flexibility index (Phi) is 2.44. The summed E-state index contributed by atoms with van der Waals surface area (Å²) in [5.41, 5.74) is 1.98. The van der Waals surface area contributed by atoms with Crippen molar-refractivity contribution >= 4 is 33.5 Å². The van der Waals surface area contributed by atoms with Gasteiger partial charge in [-0.25, -0.2) is 0 Å². The Hall–Kier alpha value is -1.45. The van der Waals surface area contributed by atoms with Crippen molar-refractivity contribution in [2.45, 2.75) is 26.9 Å². The van der Waals surface area contributed by atoms with Crippen LogP contribution >= 0.6 is 11.6 Å². The van der Waals surface area contributed by atoms with E-state index in [0.29, 0.717) is 16.2 Å². The average Bonchev–Trinajstić information content (AvgIpc) is 2.81. The van der Waals surface area contributed by atoms with Crippen LogP contribution in [0.2, 0.25) is 5.02 Å². The number of furan rings is 2. The lowest BCUT2D eigenvalue weighted by Gasteiger charge is -2.08. The van der Waals surface area contributed by atoms with Crippen molar-refractivity contribution in [3.63, 3.8) is 0 Å². The van der Waals surface area contributed by atoms with Crippen LogP contribution in [0.3, 0.4) is 0 Å². The number of aryl methyl sites for hydroxylation is 2. The van der Waals surface area contributed by atoms with Crippen LogP contribution in [0.1, 0.15) is 30.1 Å². The van der Waals surface area contributed by atoms with Crippen LogP contribution in [0.25, 0.3) is 21.9 Å². The molecule has 1 atom stereocenters. The molecule has 0 saturated heterocycles. The zero-order chi connectivity index (χ0) is 13.0. The van der Waals surface area contributed by atoms with Crippen LogP contribution in [0.15, 0.2) is 21.0 Å². The van der Waals surface area contributed by atoms with Crippen molar-refractivity contribution in [1.82, 2.24) is 0 Å². The Morgan fingerprint density at radius 1 is 1.06 bits per heavy atom. The van der Waals surface area contributed by atoms with Gasteiger partial charge in [0.15, 0.2) is 5.58 Å². The van der Waals surface area contributed by atoms with E-state index >= 15 is 0 Å².